The molecule has 0 radical (unpaired) electrons. The molecule has 1 aromatic carbocycles. The zero-order chi connectivity index (χ0) is 14.1. The van der Waals surface area contributed by atoms with Crippen LogP contribution in [0.15, 0.2) is 24.3 Å². The number of carboxylic acids is 1. The Labute approximate surface area is 121 Å². The number of thiazole rings is 1. The van der Waals surface area contributed by atoms with Gasteiger partial charge in [-0.3, -0.25) is 4.79 Å². The minimum absolute atomic E-state index is 0.442. The molecular formula is C15H16N2O2S. The van der Waals surface area contributed by atoms with Crippen LogP contribution in [0.3, 0.4) is 0 Å². The fourth-order valence-corrected chi connectivity index (χ4v) is 3.64. The molecule has 5 heteroatoms. The van der Waals surface area contributed by atoms with Crippen LogP contribution in [0.1, 0.15) is 34.9 Å². The molecule has 0 bridgehead atoms. The number of nitrogens with zero attached hydrogens (tertiary/aromatic N) is 1. The van der Waals surface area contributed by atoms with Gasteiger partial charge in [0.15, 0.2) is 5.13 Å². The molecule has 3 rings (SSSR count). The third-order valence-corrected chi connectivity index (χ3v) is 4.57. The van der Waals surface area contributed by atoms with Crippen molar-refractivity contribution in [2.75, 3.05) is 5.32 Å². The van der Waals surface area contributed by atoms with Gasteiger partial charge in [-0.15, -0.1) is 11.3 Å². The summed E-state index contributed by atoms with van der Waals surface area (Å²) in [6.07, 6.45) is 2.55. The summed E-state index contributed by atoms with van der Waals surface area (Å²) in [5, 5.41) is 13.3. The molecule has 0 amide bonds. The predicted molar refractivity (Wildman–Crippen MR) is 79.9 cm³/mol. The number of hydrogen-bond acceptors (Lipinski definition) is 4. The lowest BCUT2D eigenvalue weighted by Crippen LogP contribution is -2.17. The maximum atomic E-state index is 11.3. The van der Waals surface area contributed by atoms with Crippen LogP contribution in [0, 0.1) is 6.92 Å². The Hall–Kier alpha value is -1.88. The average molecular weight is 288 g/mol. The first-order valence-corrected chi connectivity index (χ1v) is 7.51. The Morgan fingerprint density at radius 2 is 2.35 bits per heavy atom. The van der Waals surface area contributed by atoms with Gasteiger partial charge in [-0.1, -0.05) is 12.1 Å². The van der Waals surface area contributed by atoms with Crippen molar-refractivity contribution < 1.29 is 9.90 Å². The van der Waals surface area contributed by atoms with Gasteiger partial charge in [-0.2, -0.15) is 0 Å². The third kappa shape index (κ3) is 2.54. The van der Waals surface area contributed by atoms with E-state index in [2.05, 4.69) is 16.4 Å². The van der Waals surface area contributed by atoms with Gasteiger partial charge in [0, 0.05) is 10.6 Å². The Bertz CT molecular complexity index is 651. The number of nitrogens with one attached hydrogen (secondary N) is 1. The molecule has 2 N–H and O–H groups in total. The van der Waals surface area contributed by atoms with Crippen molar-refractivity contribution in [1.82, 2.24) is 4.98 Å². The Balaban J connectivity index is 1.87. The summed E-state index contributed by atoms with van der Waals surface area (Å²) >= 11 is 1.57. The van der Waals surface area contributed by atoms with E-state index >= 15 is 0 Å². The summed E-state index contributed by atoms with van der Waals surface area (Å²) in [7, 11) is 0. The zero-order valence-corrected chi connectivity index (χ0v) is 12.0. The fraction of sp³-hybridized carbons (Fsp3) is 0.333. The number of carboxylic acid groups (broad SMARTS) is 1. The lowest BCUT2D eigenvalue weighted by Gasteiger charge is -2.16. The lowest BCUT2D eigenvalue weighted by atomic mass is 9.91. The third-order valence-electron chi connectivity index (χ3n) is 3.52. The highest BCUT2D eigenvalue weighted by Crippen LogP contribution is 2.37. The van der Waals surface area contributed by atoms with Gasteiger partial charge in [-0.25, -0.2) is 4.98 Å². The summed E-state index contributed by atoms with van der Waals surface area (Å²) in [4.78, 5) is 16.9. The number of benzene rings is 1. The van der Waals surface area contributed by atoms with Crippen LogP contribution in [0.4, 0.5) is 10.8 Å². The molecule has 1 aromatic heterocycles. The number of rotatable bonds is 3. The van der Waals surface area contributed by atoms with Gasteiger partial charge in [-0.05, 0) is 43.9 Å². The Kier molecular flexibility index (Phi) is 3.44. The quantitative estimate of drug-likeness (QED) is 0.904. The monoisotopic (exact) mass is 288 g/mol. The van der Waals surface area contributed by atoms with E-state index in [0.29, 0.717) is 6.42 Å². The molecule has 1 unspecified atom stereocenters. The molecule has 1 aliphatic carbocycles. The predicted octanol–water partition coefficient (Wildman–Crippen LogP) is 3.70. The second-order valence-corrected chi connectivity index (χ2v) is 6.19. The summed E-state index contributed by atoms with van der Waals surface area (Å²) in [5.74, 6) is -1.21. The fourth-order valence-electron chi connectivity index (χ4n) is 2.56. The largest absolute Gasteiger partial charge is 0.481 e. The van der Waals surface area contributed by atoms with Gasteiger partial charge in [0.1, 0.15) is 5.92 Å². The molecule has 4 nitrogen and oxygen atoms in total. The van der Waals surface area contributed by atoms with E-state index in [0.717, 1.165) is 34.2 Å². The molecule has 0 spiro atoms. The molecule has 1 atom stereocenters. The molecule has 1 heterocycles. The van der Waals surface area contributed by atoms with Crippen molar-refractivity contribution in [2.24, 2.45) is 0 Å². The summed E-state index contributed by atoms with van der Waals surface area (Å²) in [5.41, 5.74) is 2.92. The highest BCUT2D eigenvalue weighted by atomic mass is 32.1. The van der Waals surface area contributed by atoms with Crippen LogP contribution >= 0.6 is 11.3 Å². The SMILES string of the molecule is Cc1cccc(Nc2nc3c(s2)CCCC3C(=O)O)c1. The first-order valence-electron chi connectivity index (χ1n) is 6.69. The van der Waals surface area contributed by atoms with Crippen LogP contribution < -0.4 is 5.32 Å². The molecule has 104 valence electrons. The highest BCUT2D eigenvalue weighted by Gasteiger charge is 2.29. The lowest BCUT2D eigenvalue weighted by molar-refractivity contribution is -0.139. The smallest absolute Gasteiger partial charge is 0.312 e. The van der Waals surface area contributed by atoms with E-state index in [-0.39, 0.29) is 0 Å². The van der Waals surface area contributed by atoms with Gasteiger partial charge in [0.25, 0.3) is 0 Å². The van der Waals surface area contributed by atoms with E-state index in [1.54, 1.807) is 11.3 Å². The summed E-state index contributed by atoms with van der Waals surface area (Å²) in [6.45, 7) is 2.04. The molecule has 1 aliphatic rings. The average Bonchev–Trinajstić information content (AvgIpc) is 2.80. The molecule has 0 saturated heterocycles. The van der Waals surface area contributed by atoms with Gasteiger partial charge >= 0.3 is 5.97 Å². The minimum Gasteiger partial charge on any atom is -0.481 e. The van der Waals surface area contributed by atoms with E-state index in [1.165, 1.54) is 5.56 Å². The van der Waals surface area contributed by atoms with Crippen molar-refractivity contribution >= 4 is 28.1 Å². The standard InChI is InChI=1S/C15H16N2O2S/c1-9-4-2-5-10(8-9)16-15-17-13-11(14(18)19)6-3-7-12(13)20-15/h2,4-5,8,11H,3,6-7H2,1H3,(H,16,17)(H,18,19). The minimum atomic E-state index is -0.765. The summed E-state index contributed by atoms with van der Waals surface area (Å²) < 4.78 is 0. The van der Waals surface area contributed by atoms with Crippen LogP contribution in [0.5, 0.6) is 0 Å². The van der Waals surface area contributed by atoms with E-state index in [9.17, 15) is 9.90 Å². The molecular weight excluding hydrogens is 272 g/mol. The van der Waals surface area contributed by atoms with Gasteiger partial charge < -0.3 is 10.4 Å². The topological polar surface area (TPSA) is 62.2 Å². The second-order valence-electron chi connectivity index (χ2n) is 5.10. The number of aliphatic carboxylic acids is 1. The van der Waals surface area contributed by atoms with E-state index < -0.39 is 11.9 Å². The normalized spacial score (nSPS) is 17.6. The molecule has 0 aliphatic heterocycles. The van der Waals surface area contributed by atoms with Crippen LogP contribution in [-0.4, -0.2) is 16.1 Å². The van der Waals surface area contributed by atoms with E-state index in [4.69, 9.17) is 0 Å². The number of carbonyl (C=O) groups is 1. The summed E-state index contributed by atoms with van der Waals surface area (Å²) in [6, 6.07) is 8.07. The van der Waals surface area contributed by atoms with E-state index in [1.807, 2.05) is 25.1 Å². The Morgan fingerprint density at radius 3 is 3.10 bits per heavy atom. The van der Waals surface area contributed by atoms with Crippen LogP contribution in [-0.2, 0) is 11.2 Å². The van der Waals surface area contributed by atoms with Gasteiger partial charge in [0.05, 0.1) is 5.69 Å². The maximum absolute atomic E-state index is 11.3. The highest BCUT2D eigenvalue weighted by molar-refractivity contribution is 7.15. The number of hydrogen-bond donors (Lipinski definition) is 2. The molecule has 2 aromatic rings. The molecule has 0 saturated carbocycles. The van der Waals surface area contributed by atoms with Gasteiger partial charge in [0.2, 0.25) is 0 Å². The second kappa shape index (κ2) is 5.25. The zero-order valence-electron chi connectivity index (χ0n) is 11.2. The van der Waals surface area contributed by atoms with Crippen molar-refractivity contribution in [3.63, 3.8) is 0 Å². The maximum Gasteiger partial charge on any atom is 0.312 e. The van der Waals surface area contributed by atoms with Crippen molar-refractivity contribution in [2.45, 2.75) is 32.1 Å². The molecule has 20 heavy (non-hydrogen) atoms. The van der Waals surface area contributed by atoms with Crippen LogP contribution in [0.25, 0.3) is 0 Å². The number of aromatic nitrogens is 1. The number of anilines is 2. The number of aryl methyl sites for hydroxylation is 2. The van der Waals surface area contributed by atoms with Crippen LogP contribution in [0.2, 0.25) is 0 Å². The van der Waals surface area contributed by atoms with Crippen molar-refractivity contribution in [3.05, 3.63) is 40.4 Å². The Morgan fingerprint density at radius 1 is 1.50 bits per heavy atom. The number of fused-ring (bicyclic) bond motifs is 1. The van der Waals surface area contributed by atoms with Crippen molar-refractivity contribution in [1.29, 1.82) is 0 Å². The van der Waals surface area contributed by atoms with Crippen molar-refractivity contribution in [3.8, 4) is 0 Å². The first-order chi connectivity index (χ1) is 9.63. The molecule has 0 fully saturated rings. The first kappa shape index (κ1) is 13.1.